The molecule has 1 aliphatic heterocycles. The number of benzene rings is 1. The van der Waals surface area contributed by atoms with E-state index in [1.165, 1.54) is 41.6 Å². The number of nitrogens with one attached hydrogen (secondary N) is 1. The molecule has 9 nitrogen and oxygen atoms in total. The van der Waals surface area contributed by atoms with Gasteiger partial charge in [0.25, 0.3) is 5.91 Å². The van der Waals surface area contributed by atoms with Gasteiger partial charge in [-0.3, -0.25) is 14.6 Å². The lowest BCUT2D eigenvalue weighted by Crippen LogP contribution is -2.27. The minimum absolute atomic E-state index is 0.0337. The molecule has 4 rings (SSSR count). The molecular formula is C21H18F3N5O4. The van der Waals surface area contributed by atoms with Crippen LogP contribution < -0.4 is 10.1 Å². The highest BCUT2D eigenvalue weighted by molar-refractivity contribution is 5.93. The van der Waals surface area contributed by atoms with Crippen LogP contribution in [-0.4, -0.2) is 38.2 Å². The van der Waals surface area contributed by atoms with Gasteiger partial charge in [0.2, 0.25) is 11.8 Å². The van der Waals surface area contributed by atoms with Crippen LogP contribution in [0.15, 0.2) is 53.3 Å². The predicted molar refractivity (Wildman–Crippen MR) is 105 cm³/mol. The summed E-state index contributed by atoms with van der Waals surface area (Å²) in [5.74, 6) is -0.321. The number of halogens is 3. The van der Waals surface area contributed by atoms with E-state index < -0.39 is 12.4 Å². The van der Waals surface area contributed by atoms with Crippen LogP contribution in [0.2, 0.25) is 0 Å². The fourth-order valence-electron chi connectivity index (χ4n) is 3.42. The highest BCUT2D eigenvalue weighted by atomic mass is 19.4. The SMILES string of the molecule is O=C(NCc1noc([C@@H]2CCC(=O)N2Cc2ccc(OC(F)(F)F)cc2)n1)c1ccncc1. The Hall–Kier alpha value is -3.96. The van der Waals surface area contributed by atoms with Crippen molar-refractivity contribution in [2.24, 2.45) is 0 Å². The van der Waals surface area contributed by atoms with Gasteiger partial charge < -0.3 is 19.5 Å². The molecule has 1 saturated heterocycles. The number of aromatic nitrogens is 3. The van der Waals surface area contributed by atoms with E-state index in [0.717, 1.165) is 0 Å². The first-order valence-corrected chi connectivity index (χ1v) is 9.93. The number of nitrogens with zero attached hydrogens (tertiary/aromatic N) is 4. The summed E-state index contributed by atoms with van der Waals surface area (Å²) >= 11 is 0. The van der Waals surface area contributed by atoms with Crippen LogP contribution in [-0.2, 0) is 17.9 Å². The molecule has 3 aromatic rings. The van der Waals surface area contributed by atoms with E-state index in [1.54, 1.807) is 12.1 Å². The summed E-state index contributed by atoms with van der Waals surface area (Å²) < 4.78 is 46.1. The van der Waals surface area contributed by atoms with Gasteiger partial charge in [-0.1, -0.05) is 17.3 Å². The number of pyridine rings is 1. The lowest BCUT2D eigenvalue weighted by Gasteiger charge is -2.22. The van der Waals surface area contributed by atoms with Crippen LogP contribution in [0.4, 0.5) is 13.2 Å². The molecule has 172 valence electrons. The van der Waals surface area contributed by atoms with E-state index in [9.17, 15) is 22.8 Å². The second kappa shape index (κ2) is 9.27. The maximum Gasteiger partial charge on any atom is 0.573 e. The quantitative estimate of drug-likeness (QED) is 0.576. The molecule has 0 bridgehead atoms. The second-order valence-electron chi connectivity index (χ2n) is 7.24. The zero-order valence-corrected chi connectivity index (χ0v) is 17.1. The van der Waals surface area contributed by atoms with Gasteiger partial charge in [0, 0.05) is 30.9 Å². The Morgan fingerprint density at radius 2 is 1.91 bits per heavy atom. The van der Waals surface area contributed by atoms with Crippen LogP contribution >= 0.6 is 0 Å². The topological polar surface area (TPSA) is 110 Å². The molecule has 1 fully saturated rings. The maximum atomic E-state index is 12.4. The fourth-order valence-corrected chi connectivity index (χ4v) is 3.42. The summed E-state index contributed by atoms with van der Waals surface area (Å²) in [5.41, 5.74) is 1.06. The van der Waals surface area contributed by atoms with Crippen molar-refractivity contribution in [3.05, 3.63) is 71.6 Å². The first-order chi connectivity index (χ1) is 15.8. The molecule has 0 saturated carbocycles. The van der Waals surface area contributed by atoms with Crippen molar-refractivity contribution in [3.63, 3.8) is 0 Å². The van der Waals surface area contributed by atoms with Gasteiger partial charge in [-0.25, -0.2) is 0 Å². The molecule has 33 heavy (non-hydrogen) atoms. The minimum Gasteiger partial charge on any atom is -0.406 e. The van der Waals surface area contributed by atoms with E-state index in [2.05, 4.69) is 25.2 Å². The van der Waals surface area contributed by atoms with Crippen molar-refractivity contribution in [3.8, 4) is 5.75 Å². The minimum atomic E-state index is -4.77. The lowest BCUT2D eigenvalue weighted by molar-refractivity contribution is -0.274. The number of carbonyl (C=O) groups excluding carboxylic acids is 2. The summed E-state index contributed by atoms with van der Waals surface area (Å²) in [7, 11) is 0. The fraction of sp³-hybridized carbons (Fsp3) is 0.286. The molecule has 1 aromatic carbocycles. The smallest absolute Gasteiger partial charge is 0.406 e. The Morgan fingerprint density at radius 1 is 1.18 bits per heavy atom. The van der Waals surface area contributed by atoms with Gasteiger partial charge >= 0.3 is 6.36 Å². The number of ether oxygens (including phenoxy) is 1. The van der Waals surface area contributed by atoms with Crippen LogP contribution in [0.5, 0.6) is 5.75 Å². The normalized spacial score (nSPS) is 16.2. The van der Waals surface area contributed by atoms with Gasteiger partial charge in [-0.15, -0.1) is 13.2 Å². The van der Waals surface area contributed by atoms with Crippen molar-refractivity contribution in [1.29, 1.82) is 0 Å². The van der Waals surface area contributed by atoms with Gasteiger partial charge in [0.15, 0.2) is 5.82 Å². The molecule has 1 N–H and O–H groups in total. The molecule has 1 aliphatic rings. The predicted octanol–water partition coefficient (Wildman–Crippen LogP) is 3.16. The number of hydrogen-bond donors (Lipinski definition) is 1. The Balaban J connectivity index is 1.39. The molecule has 1 atom stereocenters. The molecule has 12 heteroatoms. The highest BCUT2D eigenvalue weighted by Gasteiger charge is 2.36. The third-order valence-electron chi connectivity index (χ3n) is 4.96. The summed E-state index contributed by atoms with van der Waals surface area (Å²) in [4.78, 5) is 34.2. The number of likely N-dealkylation sites (tertiary alicyclic amines) is 1. The van der Waals surface area contributed by atoms with E-state index in [-0.39, 0.29) is 48.8 Å². The molecule has 0 aliphatic carbocycles. The number of alkyl halides is 3. The average Bonchev–Trinajstić information content (AvgIpc) is 3.40. The third-order valence-corrected chi connectivity index (χ3v) is 4.96. The van der Waals surface area contributed by atoms with Gasteiger partial charge in [-0.05, 0) is 36.2 Å². The summed E-state index contributed by atoms with van der Waals surface area (Å²) in [6, 6.07) is 7.96. The van der Waals surface area contributed by atoms with Crippen molar-refractivity contribution in [1.82, 2.24) is 25.3 Å². The van der Waals surface area contributed by atoms with Gasteiger partial charge in [0.05, 0.1) is 6.54 Å². The van der Waals surface area contributed by atoms with Crippen molar-refractivity contribution in [2.45, 2.75) is 38.3 Å². The van der Waals surface area contributed by atoms with Crippen LogP contribution in [0.1, 0.15) is 46.5 Å². The molecule has 3 heterocycles. The van der Waals surface area contributed by atoms with Gasteiger partial charge in [-0.2, -0.15) is 4.98 Å². The summed E-state index contributed by atoms with van der Waals surface area (Å²) in [5, 5.41) is 6.54. The number of amides is 2. The number of hydrogen-bond acceptors (Lipinski definition) is 7. The zero-order chi connectivity index (χ0) is 23.4. The van der Waals surface area contributed by atoms with Crippen molar-refractivity contribution >= 4 is 11.8 Å². The number of carbonyl (C=O) groups is 2. The molecule has 0 spiro atoms. The molecule has 2 aromatic heterocycles. The van der Waals surface area contributed by atoms with E-state index in [4.69, 9.17) is 4.52 Å². The summed E-state index contributed by atoms with van der Waals surface area (Å²) in [6.07, 6.45) is -1.03. The third kappa shape index (κ3) is 5.64. The first kappa shape index (κ1) is 22.2. The Labute approximate surface area is 185 Å². The van der Waals surface area contributed by atoms with Crippen LogP contribution in [0, 0.1) is 0 Å². The van der Waals surface area contributed by atoms with Crippen LogP contribution in [0.25, 0.3) is 0 Å². The van der Waals surface area contributed by atoms with Gasteiger partial charge in [0.1, 0.15) is 11.8 Å². The standard InChI is InChI=1S/C21H18F3N5O4/c22-21(23,24)32-15-3-1-13(2-4-15)12-29-16(5-6-18(29)30)20-27-17(28-33-20)11-26-19(31)14-7-9-25-10-8-14/h1-4,7-10,16H,5-6,11-12H2,(H,26,31)/t16-/m0/s1. The lowest BCUT2D eigenvalue weighted by atomic mass is 10.1. The highest BCUT2D eigenvalue weighted by Crippen LogP contribution is 2.33. The number of rotatable bonds is 7. The van der Waals surface area contributed by atoms with E-state index >= 15 is 0 Å². The average molecular weight is 461 g/mol. The molecule has 2 amide bonds. The summed E-state index contributed by atoms with van der Waals surface area (Å²) in [6.45, 7) is 0.193. The van der Waals surface area contributed by atoms with Crippen molar-refractivity contribution < 1.29 is 32.0 Å². The monoisotopic (exact) mass is 461 g/mol. The largest absolute Gasteiger partial charge is 0.573 e. The Kier molecular flexibility index (Phi) is 6.24. The Morgan fingerprint density at radius 3 is 2.61 bits per heavy atom. The molecular weight excluding hydrogens is 443 g/mol. The Bertz CT molecular complexity index is 1120. The maximum absolute atomic E-state index is 12.4. The first-order valence-electron chi connectivity index (χ1n) is 9.93. The molecule has 0 unspecified atom stereocenters. The second-order valence-corrected chi connectivity index (χ2v) is 7.24. The van der Waals surface area contributed by atoms with Crippen molar-refractivity contribution in [2.75, 3.05) is 0 Å². The van der Waals surface area contributed by atoms with E-state index in [1.807, 2.05) is 0 Å². The molecule has 0 radical (unpaired) electrons. The van der Waals surface area contributed by atoms with Crippen LogP contribution in [0.3, 0.4) is 0 Å². The zero-order valence-electron chi connectivity index (χ0n) is 17.1. The van der Waals surface area contributed by atoms with E-state index in [0.29, 0.717) is 17.5 Å².